The molecule has 0 aliphatic heterocycles. The molecule has 0 bridgehead atoms. The first kappa shape index (κ1) is 14.5. The second-order valence-corrected chi connectivity index (χ2v) is 4.60. The predicted molar refractivity (Wildman–Crippen MR) is 79.0 cm³/mol. The second kappa shape index (κ2) is 6.04. The van der Waals surface area contributed by atoms with Gasteiger partial charge < -0.3 is 10.4 Å². The van der Waals surface area contributed by atoms with Gasteiger partial charge in [0.2, 0.25) is 0 Å². The summed E-state index contributed by atoms with van der Waals surface area (Å²) in [5, 5.41) is 15.3. The Balaban J connectivity index is 2.13. The number of hydrogen-bond acceptors (Lipinski definition) is 3. The van der Waals surface area contributed by atoms with Crippen molar-refractivity contribution in [2.24, 2.45) is 7.05 Å². The zero-order valence-corrected chi connectivity index (χ0v) is 11.7. The summed E-state index contributed by atoms with van der Waals surface area (Å²) in [6.07, 6.45) is 5.72. The van der Waals surface area contributed by atoms with Crippen molar-refractivity contribution >= 4 is 23.6 Å². The summed E-state index contributed by atoms with van der Waals surface area (Å²) in [5.41, 5.74) is 2.78. The van der Waals surface area contributed by atoms with Gasteiger partial charge in [0.1, 0.15) is 0 Å². The number of carboxylic acids is 1. The lowest BCUT2D eigenvalue weighted by Crippen LogP contribution is -2.11. The van der Waals surface area contributed by atoms with Crippen molar-refractivity contribution in [3.05, 3.63) is 53.4 Å². The number of benzene rings is 1. The highest BCUT2D eigenvalue weighted by molar-refractivity contribution is 6.04. The van der Waals surface area contributed by atoms with Crippen molar-refractivity contribution < 1.29 is 14.7 Å². The number of amides is 1. The van der Waals surface area contributed by atoms with Gasteiger partial charge in [-0.3, -0.25) is 9.48 Å². The molecule has 2 aromatic rings. The maximum Gasteiger partial charge on any atom is 0.328 e. The van der Waals surface area contributed by atoms with Gasteiger partial charge in [0.15, 0.2) is 0 Å². The lowest BCUT2D eigenvalue weighted by molar-refractivity contribution is -0.131. The molecule has 6 heteroatoms. The van der Waals surface area contributed by atoms with Gasteiger partial charge in [-0.2, -0.15) is 5.10 Å². The van der Waals surface area contributed by atoms with Gasteiger partial charge in [0, 0.05) is 25.0 Å². The highest BCUT2D eigenvalue weighted by Gasteiger charge is 2.08. The average molecular weight is 285 g/mol. The number of aromatic nitrogens is 2. The summed E-state index contributed by atoms with van der Waals surface area (Å²) < 4.78 is 1.56. The largest absolute Gasteiger partial charge is 0.478 e. The van der Waals surface area contributed by atoms with Crippen LogP contribution in [0.3, 0.4) is 0 Å². The molecule has 21 heavy (non-hydrogen) atoms. The summed E-state index contributed by atoms with van der Waals surface area (Å²) in [5.74, 6) is -1.24. The highest BCUT2D eigenvalue weighted by atomic mass is 16.4. The molecule has 1 amide bonds. The lowest BCUT2D eigenvalue weighted by atomic mass is 10.1. The van der Waals surface area contributed by atoms with E-state index in [0.29, 0.717) is 11.3 Å². The first-order valence-electron chi connectivity index (χ1n) is 6.27. The van der Waals surface area contributed by atoms with Gasteiger partial charge in [0.25, 0.3) is 5.91 Å². The van der Waals surface area contributed by atoms with Crippen LogP contribution in [0.15, 0.2) is 36.7 Å². The summed E-state index contributed by atoms with van der Waals surface area (Å²) in [4.78, 5) is 22.5. The quantitative estimate of drug-likeness (QED) is 0.842. The number of aryl methyl sites for hydroxylation is 2. The number of aliphatic carboxylic acids is 1. The number of anilines is 1. The molecular weight excluding hydrogens is 270 g/mol. The summed E-state index contributed by atoms with van der Waals surface area (Å²) >= 11 is 0. The molecule has 2 N–H and O–H groups in total. The Hall–Kier alpha value is -2.89. The molecule has 0 aliphatic rings. The molecule has 0 saturated carbocycles. The summed E-state index contributed by atoms with van der Waals surface area (Å²) in [7, 11) is 1.74. The highest BCUT2D eigenvalue weighted by Crippen LogP contribution is 2.17. The van der Waals surface area contributed by atoms with E-state index in [4.69, 9.17) is 5.11 Å². The van der Waals surface area contributed by atoms with E-state index in [1.54, 1.807) is 36.1 Å². The van der Waals surface area contributed by atoms with Crippen molar-refractivity contribution in [1.82, 2.24) is 9.78 Å². The van der Waals surface area contributed by atoms with E-state index >= 15 is 0 Å². The molecule has 6 nitrogen and oxygen atoms in total. The Labute approximate surface area is 121 Å². The van der Waals surface area contributed by atoms with E-state index in [9.17, 15) is 9.59 Å². The molecule has 0 spiro atoms. The molecule has 1 aromatic carbocycles. The minimum atomic E-state index is -0.997. The van der Waals surface area contributed by atoms with Crippen molar-refractivity contribution in [2.75, 3.05) is 5.32 Å². The van der Waals surface area contributed by atoms with Crippen LogP contribution in [0, 0.1) is 6.92 Å². The van der Waals surface area contributed by atoms with Gasteiger partial charge in [-0.1, -0.05) is 6.07 Å². The van der Waals surface area contributed by atoms with E-state index in [0.717, 1.165) is 17.2 Å². The molecule has 1 aromatic heterocycles. The molecule has 0 radical (unpaired) electrons. The minimum Gasteiger partial charge on any atom is -0.478 e. The van der Waals surface area contributed by atoms with Crippen LogP contribution in [0.1, 0.15) is 21.5 Å². The van der Waals surface area contributed by atoms with Crippen LogP contribution in [0.25, 0.3) is 6.08 Å². The molecule has 0 aliphatic carbocycles. The normalized spacial score (nSPS) is 10.8. The molecular formula is C15H15N3O3. The molecule has 108 valence electrons. The van der Waals surface area contributed by atoms with Gasteiger partial charge in [-0.05, 0) is 36.3 Å². The number of hydrogen-bond donors (Lipinski definition) is 2. The fourth-order valence-electron chi connectivity index (χ4n) is 1.84. The van der Waals surface area contributed by atoms with Crippen molar-refractivity contribution in [3.8, 4) is 0 Å². The molecule has 0 atom stereocenters. The Morgan fingerprint density at radius 2 is 2.14 bits per heavy atom. The number of rotatable bonds is 4. The standard InChI is InChI=1S/C15H15N3O3/c1-10-7-13(5-3-11(10)4-6-14(19)20)17-15(21)12-8-16-18(2)9-12/h3-9H,1-2H3,(H,17,21)(H,19,20). The van der Waals surface area contributed by atoms with Crippen LogP contribution >= 0.6 is 0 Å². The first-order chi connectivity index (χ1) is 9.95. The Morgan fingerprint density at radius 1 is 1.38 bits per heavy atom. The summed E-state index contributed by atoms with van der Waals surface area (Å²) in [6, 6.07) is 5.27. The maximum absolute atomic E-state index is 12.0. The second-order valence-electron chi connectivity index (χ2n) is 4.60. The number of carbonyl (C=O) groups is 2. The van der Waals surface area contributed by atoms with E-state index in [1.165, 1.54) is 12.3 Å². The van der Waals surface area contributed by atoms with Crippen molar-refractivity contribution in [3.63, 3.8) is 0 Å². The van der Waals surface area contributed by atoms with Crippen molar-refractivity contribution in [1.29, 1.82) is 0 Å². The Bertz CT molecular complexity index is 717. The number of carbonyl (C=O) groups excluding carboxylic acids is 1. The van der Waals surface area contributed by atoms with Gasteiger partial charge in [-0.25, -0.2) is 4.79 Å². The predicted octanol–water partition coefficient (Wildman–Crippen LogP) is 2.08. The van der Waals surface area contributed by atoms with Crippen LogP contribution in [0.5, 0.6) is 0 Å². The topological polar surface area (TPSA) is 84.2 Å². The van der Waals surface area contributed by atoms with Gasteiger partial charge in [0.05, 0.1) is 11.8 Å². The molecule has 0 saturated heterocycles. The van der Waals surface area contributed by atoms with E-state index in [1.807, 2.05) is 6.92 Å². The van der Waals surface area contributed by atoms with Gasteiger partial charge in [-0.15, -0.1) is 0 Å². The van der Waals surface area contributed by atoms with E-state index in [2.05, 4.69) is 10.4 Å². The number of carboxylic acid groups (broad SMARTS) is 1. The molecule has 0 unspecified atom stereocenters. The van der Waals surface area contributed by atoms with E-state index in [-0.39, 0.29) is 5.91 Å². The smallest absolute Gasteiger partial charge is 0.328 e. The fraction of sp³-hybridized carbons (Fsp3) is 0.133. The first-order valence-corrected chi connectivity index (χ1v) is 6.27. The van der Waals surface area contributed by atoms with Crippen LogP contribution in [-0.2, 0) is 11.8 Å². The van der Waals surface area contributed by atoms with Crippen LogP contribution in [0.2, 0.25) is 0 Å². The van der Waals surface area contributed by atoms with Crippen LogP contribution in [-0.4, -0.2) is 26.8 Å². The minimum absolute atomic E-state index is 0.240. The van der Waals surface area contributed by atoms with Crippen LogP contribution < -0.4 is 5.32 Å². The Morgan fingerprint density at radius 3 is 2.71 bits per heavy atom. The zero-order valence-electron chi connectivity index (χ0n) is 11.7. The third kappa shape index (κ3) is 3.79. The third-order valence-corrected chi connectivity index (χ3v) is 2.90. The Kier molecular flexibility index (Phi) is 4.18. The number of nitrogens with one attached hydrogen (secondary N) is 1. The maximum atomic E-state index is 12.0. The van der Waals surface area contributed by atoms with Crippen molar-refractivity contribution in [2.45, 2.75) is 6.92 Å². The van der Waals surface area contributed by atoms with Gasteiger partial charge >= 0.3 is 5.97 Å². The van der Waals surface area contributed by atoms with E-state index < -0.39 is 5.97 Å². The molecule has 0 fully saturated rings. The average Bonchev–Trinajstić information content (AvgIpc) is 2.84. The monoisotopic (exact) mass is 285 g/mol. The lowest BCUT2D eigenvalue weighted by Gasteiger charge is -2.07. The fourth-order valence-corrected chi connectivity index (χ4v) is 1.84. The zero-order chi connectivity index (χ0) is 15.4. The van der Waals surface area contributed by atoms with Crippen LogP contribution in [0.4, 0.5) is 5.69 Å². The molecule has 2 rings (SSSR count). The third-order valence-electron chi connectivity index (χ3n) is 2.90. The number of nitrogens with zero attached hydrogens (tertiary/aromatic N) is 2. The molecule has 1 heterocycles. The summed E-state index contributed by atoms with van der Waals surface area (Å²) in [6.45, 7) is 1.85. The SMILES string of the molecule is Cc1cc(NC(=O)c2cnn(C)c2)ccc1C=CC(=O)O.